The number of hydrogen-bond acceptors (Lipinski definition) is 4. The Hall–Kier alpha value is -2.08. The molecule has 3 rings (SSSR count). The molecule has 2 aromatic rings. The number of carbonyl (C=O) groups excluding carboxylic acids is 2. The van der Waals surface area contributed by atoms with Gasteiger partial charge in [-0.15, -0.1) is 0 Å². The molecule has 0 saturated heterocycles. The molecule has 0 bridgehead atoms. The van der Waals surface area contributed by atoms with Gasteiger partial charge in [-0.3, -0.25) is 9.59 Å². The Kier molecular flexibility index (Phi) is 5.51. The molecular weight excluding hydrogens is 375 g/mol. The van der Waals surface area contributed by atoms with Crippen molar-refractivity contribution < 1.29 is 14.3 Å². The van der Waals surface area contributed by atoms with Crippen molar-refractivity contribution in [3.8, 4) is 0 Å². The van der Waals surface area contributed by atoms with Crippen LogP contribution in [-0.4, -0.2) is 31.6 Å². The zero-order valence-electron chi connectivity index (χ0n) is 14.2. The van der Waals surface area contributed by atoms with Crippen LogP contribution in [0.3, 0.4) is 0 Å². The summed E-state index contributed by atoms with van der Waals surface area (Å²) in [6, 6.07) is 9.99. The molecule has 0 aromatic heterocycles. The number of carbonyl (C=O) groups is 2. The van der Waals surface area contributed by atoms with E-state index in [2.05, 4.69) is 4.74 Å². The number of amides is 1. The third kappa shape index (κ3) is 3.56. The van der Waals surface area contributed by atoms with Crippen LogP contribution in [-0.2, 0) is 22.4 Å². The van der Waals surface area contributed by atoms with Crippen LogP contribution < -0.4 is 10.6 Å². The molecule has 1 unspecified atom stereocenters. The lowest BCUT2D eigenvalue weighted by Gasteiger charge is -2.19. The maximum absolute atomic E-state index is 12.9. The van der Waals surface area contributed by atoms with E-state index in [-0.39, 0.29) is 5.91 Å². The van der Waals surface area contributed by atoms with E-state index in [1.54, 1.807) is 23.1 Å². The van der Waals surface area contributed by atoms with E-state index in [9.17, 15) is 9.59 Å². The van der Waals surface area contributed by atoms with Crippen LogP contribution in [0.25, 0.3) is 0 Å². The maximum Gasteiger partial charge on any atom is 0.322 e. The Morgan fingerprint density at radius 3 is 2.58 bits per heavy atom. The molecule has 0 spiro atoms. The van der Waals surface area contributed by atoms with Crippen molar-refractivity contribution in [2.45, 2.75) is 18.9 Å². The number of ether oxygens (including phenoxy) is 1. The van der Waals surface area contributed by atoms with Gasteiger partial charge in [-0.2, -0.15) is 0 Å². The molecule has 0 fully saturated rings. The Labute approximate surface area is 161 Å². The molecule has 7 heteroatoms. The summed E-state index contributed by atoms with van der Waals surface area (Å²) >= 11 is 12.3. The normalized spacial score (nSPS) is 14.1. The molecule has 0 aliphatic carbocycles. The van der Waals surface area contributed by atoms with Gasteiger partial charge in [0.2, 0.25) is 0 Å². The maximum atomic E-state index is 12.9. The number of halogens is 2. The molecule has 1 atom stereocenters. The van der Waals surface area contributed by atoms with Crippen molar-refractivity contribution in [1.29, 1.82) is 0 Å². The quantitative estimate of drug-likeness (QED) is 0.810. The van der Waals surface area contributed by atoms with Gasteiger partial charge in [-0.05, 0) is 42.2 Å². The van der Waals surface area contributed by atoms with E-state index in [4.69, 9.17) is 28.9 Å². The number of anilines is 1. The fourth-order valence-corrected chi connectivity index (χ4v) is 3.68. The van der Waals surface area contributed by atoms with E-state index >= 15 is 0 Å². The minimum absolute atomic E-state index is 0.224. The monoisotopic (exact) mass is 392 g/mol. The van der Waals surface area contributed by atoms with Crippen molar-refractivity contribution in [3.05, 3.63) is 63.1 Å². The predicted molar refractivity (Wildman–Crippen MR) is 102 cm³/mol. The third-order valence-electron chi connectivity index (χ3n) is 4.42. The molecule has 26 heavy (non-hydrogen) atoms. The first-order chi connectivity index (χ1) is 12.4. The number of fused-ring (bicyclic) bond motifs is 1. The first-order valence-corrected chi connectivity index (χ1v) is 8.89. The van der Waals surface area contributed by atoms with Crippen LogP contribution in [0.4, 0.5) is 5.69 Å². The fourth-order valence-electron chi connectivity index (χ4n) is 3.12. The zero-order valence-corrected chi connectivity index (χ0v) is 15.7. The Morgan fingerprint density at radius 1 is 1.23 bits per heavy atom. The summed E-state index contributed by atoms with van der Waals surface area (Å²) in [7, 11) is 1.31. The van der Waals surface area contributed by atoms with Gasteiger partial charge in [0.25, 0.3) is 5.91 Å². The van der Waals surface area contributed by atoms with Crippen molar-refractivity contribution in [2.75, 3.05) is 18.6 Å². The van der Waals surface area contributed by atoms with Crippen LogP contribution in [0.1, 0.15) is 21.5 Å². The van der Waals surface area contributed by atoms with E-state index in [1.807, 2.05) is 18.2 Å². The highest BCUT2D eigenvalue weighted by Crippen LogP contribution is 2.33. The van der Waals surface area contributed by atoms with Crippen LogP contribution in [0.15, 0.2) is 36.4 Å². The standard InChI is InChI=1S/C19H18Cl2N2O3/c1-26-19(25)15(22)10-11-5-6-16-12(9-11)7-8-23(16)18(24)17-13(20)3-2-4-14(17)21/h2-6,9,15H,7-8,10,22H2,1H3. The summed E-state index contributed by atoms with van der Waals surface area (Å²) in [4.78, 5) is 26.1. The number of rotatable bonds is 4. The minimum Gasteiger partial charge on any atom is -0.468 e. The van der Waals surface area contributed by atoms with Crippen molar-refractivity contribution in [2.24, 2.45) is 5.73 Å². The number of nitrogens with two attached hydrogens (primary N) is 1. The van der Waals surface area contributed by atoms with E-state index < -0.39 is 12.0 Å². The SMILES string of the molecule is COC(=O)C(N)Cc1ccc2c(c1)CCN2C(=O)c1c(Cl)cccc1Cl. The molecule has 0 saturated carbocycles. The summed E-state index contributed by atoms with van der Waals surface area (Å²) in [6.07, 6.45) is 1.09. The topological polar surface area (TPSA) is 72.6 Å². The number of nitrogens with zero attached hydrogens (tertiary/aromatic N) is 1. The van der Waals surface area contributed by atoms with Crippen LogP contribution >= 0.6 is 23.2 Å². The van der Waals surface area contributed by atoms with Gasteiger partial charge in [0.05, 0.1) is 22.7 Å². The number of methoxy groups -OCH3 is 1. The van der Waals surface area contributed by atoms with E-state index in [1.165, 1.54) is 7.11 Å². The van der Waals surface area contributed by atoms with Gasteiger partial charge < -0.3 is 15.4 Å². The lowest BCUT2D eigenvalue weighted by molar-refractivity contribution is -0.142. The molecule has 1 heterocycles. The first-order valence-electron chi connectivity index (χ1n) is 8.13. The lowest BCUT2D eigenvalue weighted by Crippen LogP contribution is -2.33. The average molecular weight is 393 g/mol. The number of hydrogen-bond donors (Lipinski definition) is 1. The molecule has 136 valence electrons. The van der Waals surface area contributed by atoms with Crippen LogP contribution in [0, 0.1) is 0 Å². The molecule has 1 aliphatic rings. The predicted octanol–water partition coefficient (Wildman–Crippen LogP) is 3.24. The van der Waals surface area contributed by atoms with E-state index in [0.29, 0.717) is 35.0 Å². The fraction of sp³-hybridized carbons (Fsp3) is 0.263. The molecule has 1 aliphatic heterocycles. The van der Waals surface area contributed by atoms with Gasteiger partial charge in [0.15, 0.2) is 0 Å². The summed E-state index contributed by atoms with van der Waals surface area (Å²) in [6.45, 7) is 0.544. The van der Waals surface area contributed by atoms with Crippen molar-refractivity contribution in [1.82, 2.24) is 0 Å². The molecule has 1 amide bonds. The third-order valence-corrected chi connectivity index (χ3v) is 5.05. The Morgan fingerprint density at radius 2 is 1.92 bits per heavy atom. The van der Waals surface area contributed by atoms with Gasteiger partial charge in [-0.1, -0.05) is 41.4 Å². The smallest absolute Gasteiger partial charge is 0.322 e. The summed E-state index contributed by atoms with van der Waals surface area (Å²) < 4.78 is 4.65. The summed E-state index contributed by atoms with van der Waals surface area (Å²) in [5, 5.41) is 0.660. The molecule has 2 N–H and O–H groups in total. The highest BCUT2D eigenvalue weighted by Gasteiger charge is 2.28. The van der Waals surface area contributed by atoms with Crippen LogP contribution in [0.5, 0.6) is 0 Å². The largest absolute Gasteiger partial charge is 0.468 e. The van der Waals surface area contributed by atoms with Crippen molar-refractivity contribution in [3.63, 3.8) is 0 Å². The Bertz CT molecular complexity index is 850. The highest BCUT2D eigenvalue weighted by molar-refractivity contribution is 6.40. The number of esters is 1. The number of benzene rings is 2. The lowest BCUT2D eigenvalue weighted by atomic mass is 10.0. The molecule has 0 radical (unpaired) electrons. The van der Waals surface area contributed by atoms with Gasteiger partial charge >= 0.3 is 5.97 Å². The van der Waals surface area contributed by atoms with Gasteiger partial charge in [0.1, 0.15) is 6.04 Å². The van der Waals surface area contributed by atoms with Crippen LogP contribution in [0.2, 0.25) is 10.0 Å². The molecular formula is C19H18Cl2N2O3. The van der Waals surface area contributed by atoms with Gasteiger partial charge in [0, 0.05) is 12.2 Å². The first kappa shape index (κ1) is 18.7. The molecule has 2 aromatic carbocycles. The minimum atomic E-state index is -0.709. The second kappa shape index (κ2) is 7.66. The Balaban J connectivity index is 1.84. The van der Waals surface area contributed by atoms with Gasteiger partial charge in [-0.25, -0.2) is 0 Å². The summed E-state index contributed by atoms with van der Waals surface area (Å²) in [5.74, 6) is -0.672. The average Bonchev–Trinajstić information content (AvgIpc) is 3.03. The van der Waals surface area contributed by atoms with E-state index in [0.717, 1.165) is 16.8 Å². The zero-order chi connectivity index (χ0) is 18.8. The molecule has 5 nitrogen and oxygen atoms in total. The second-order valence-electron chi connectivity index (χ2n) is 6.10. The summed E-state index contributed by atoms with van der Waals surface area (Å²) in [5.41, 5.74) is 8.90. The van der Waals surface area contributed by atoms with Crippen molar-refractivity contribution >= 4 is 40.8 Å². The second-order valence-corrected chi connectivity index (χ2v) is 6.91. The highest BCUT2D eigenvalue weighted by atomic mass is 35.5.